The third-order valence-corrected chi connectivity index (χ3v) is 2.68. The molecule has 3 nitrogen and oxygen atoms in total. The first-order valence-electron chi connectivity index (χ1n) is 5.59. The first-order valence-corrected chi connectivity index (χ1v) is 5.59. The highest BCUT2D eigenvalue weighted by atomic mass is 16.4. The number of hydrogen-bond acceptors (Lipinski definition) is 2. The van der Waals surface area contributed by atoms with Crippen LogP contribution in [0.5, 0.6) is 0 Å². The van der Waals surface area contributed by atoms with Crippen molar-refractivity contribution in [3.63, 3.8) is 0 Å². The van der Waals surface area contributed by atoms with E-state index in [1.807, 2.05) is 36.4 Å². The molecule has 0 radical (unpaired) electrons. The smallest absolute Gasteiger partial charge is 0.336 e. The van der Waals surface area contributed by atoms with Crippen LogP contribution in [0.15, 0.2) is 59.6 Å². The van der Waals surface area contributed by atoms with Gasteiger partial charge in [-0.3, -0.25) is 4.99 Å². The van der Waals surface area contributed by atoms with E-state index >= 15 is 0 Å². The standard InChI is InChI=1S/C15H13NO2/c1-16-14(11-7-3-2-4-8-11)12-9-5-6-10-13(12)15(17)18/h2-10H,1H3,(H,17,18). The Kier molecular flexibility index (Phi) is 3.53. The normalized spacial score (nSPS) is 11.3. The lowest BCUT2D eigenvalue weighted by Gasteiger charge is -2.09. The van der Waals surface area contributed by atoms with E-state index in [2.05, 4.69) is 4.99 Å². The van der Waals surface area contributed by atoms with Gasteiger partial charge in [-0.25, -0.2) is 4.79 Å². The van der Waals surface area contributed by atoms with Crippen LogP contribution in [-0.2, 0) is 0 Å². The first-order chi connectivity index (χ1) is 8.74. The summed E-state index contributed by atoms with van der Waals surface area (Å²) in [7, 11) is 1.67. The lowest BCUT2D eigenvalue weighted by atomic mass is 9.97. The van der Waals surface area contributed by atoms with E-state index in [1.54, 1.807) is 25.2 Å². The molecule has 3 heteroatoms. The van der Waals surface area contributed by atoms with Gasteiger partial charge in [0.25, 0.3) is 0 Å². The quantitative estimate of drug-likeness (QED) is 0.837. The van der Waals surface area contributed by atoms with Crippen molar-refractivity contribution in [3.8, 4) is 0 Å². The number of carboxylic acids is 1. The Morgan fingerprint density at radius 2 is 1.50 bits per heavy atom. The van der Waals surface area contributed by atoms with Gasteiger partial charge in [-0.05, 0) is 6.07 Å². The monoisotopic (exact) mass is 239 g/mol. The highest BCUT2D eigenvalue weighted by Crippen LogP contribution is 2.15. The zero-order valence-electron chi connectivity index (χ0n) is 10.00. The Hall–Kier alpha value is -2.42. The fraction of sp³-hybridized carbons (Fsp3) is 0.0667. The molecule has 0 aliphatic carbocycles. The van der Waals surface area contributed by atoms with Crippen molar-refractivity contribution >= 4 is 11.7 Å². The van der Waals surface area contributed by atoms with Gasteiger partial charge in [0.2, 0.25) is 0 Å². The minimum Gasteiger partial charge on any atom is -0.478 e. The van der Waals surface area contributed by atoms with E-state index in [0.29, 0.717) is 11.3 Å². The Morgan fingerprint density at radius 3 is 2.06 bits per heavy atom. The van der Waals surface area contributed by atoms with Gasteiger partial charge in [0, 0.05) is 18.2 Å². The minimum atomic E-state index is -0.942. The Labute approximate surface area is 105 Å². The van der Waals surface area contributed by atoms with Gasteiger partial charge in [-0.1, -0.05) is 48.5 Å². The molecule has 18 heavy (non-hydrogen) atoms. The van der Waals surface area contributed by atoms with Gasteiger partial charge in [-0.15, -0.1) is 0 Å². The zero-order valence-corrected chi connectivity index (χ0v) is 10.00. The maximum absolute atomic E-state index is 11.2. The summed E-state index contributed by atoms with van der Waals surface area (Å²) in [5, 5.41) is 9.20. The summed E-state index contributed by atoms with van der Waals surface area (Å²) in [6.45, 7) is 0. The second-order valence-electron chi connectivity index (χ2n) is 3.79. The molecule has 0 atom stereocenters. The van der Waals surface area contributed by atoms with Crippen LogP contribution in [-0.4, -0.2) is 23.8 Å². The molecule has 2 aromatic carbocycles. The lowest BCUT2D eigenvalue weighted by molar-refractivity contribution is 0.0696. The van der Waals surface area contributed by atoms with Gasteiger partial charge in [0.15, 0.2) is 0 Å². The predicted molar refractivity (Wildman–Crippen MR) is 71.4 cm³/mol. The van der Waals surface area contributed by atoms with Crippen molar-refractivity contribution in [1.82, 2.24) is 0 Å². The van der Waals surface area contributed by atoms with Crippen molar-refractivity contribution in [2.45, 2.75) is 0 Å². The van der Waals surface area contributed by atoms with E-state index in [9.17, 15) is 9.90 Å². The number of aromatic carboxylic acids is 1. The number of rotatable bonds is 3. The predicted octanol–water partition coefficient (Wildman–Crippen LogP) is 2.85. The summed E-state index contributed by atoms with van der Waals surface area (Å²) in [6, 6.07) is 16.5. The maximum atomic E-state index is 11.2. The van der Waals surface area contributed by atoms with Crippen LogP contribution >= 0.6 is 0 Å². The van der Waals surface area contributed by atoms with Gasteiger partial charge in [-0.2, -0.15) is 0 Å². The highest BCUT2D eigenvalue weighted by molar-refractivity contribution is 6.17. The van der Waals surface area contributed by atoms with Gasteiger partial charge in [0.05, 0.1) is 11.3 Å². The van der Waals surface area contributed by atoms with Crippen LogP contribution in [0.3, 0.4) is 0 Å². The van der Waals surface area contributed by atoms with Crippen molar-refractivity contribution in [2.75, 3.05) is 7.05 Å². The number of aliphatic imine (C=N–C) groups is 1. The summed E-state index contributed by atoms with van der Waals surface area (Å²) in [5.74, 6) is -0.942. The average Bonchev–Trinajstić information content (AvgIpc) is 2.41. The second-order valence-corrected chi connectivity index (χ2v) is 3.79. The maximum Gasteiger partial charge on any atom is 0.336 e. The largest absolute Gasteiger partial charge is 0.478 e. The van der Waals surface area contributed by atoms with Gasteiger partial charge < -0.3 is 5.11 Å². The topological polar surface area (TPSA) is 49.7 Å². The van der Waals surface area contributed by atoms with Crippen LogP contribution < -0.4 is 0 Å². The summed E-state index contributed by atoms with van der Waals surface area (Å²) >= 11 is 0. The molecule has 0 aromatic heterocycles. The third kappa shape index (κ3) is 2.30. The number of benzene rings is 2. The van der Waals surface area contributed by atoms with E-state index in [1.165, 1.54) is 0 Å². The highest BCUT2D eigenvalue weighted by Gasteiger charge is 2.14. The Balaban J connectivity index is 2.57. The van der Waals surface area contributed by atoms with Crippen LogP contribution in [0.25, 0.3) is 0 Å². The third-order valence-electron chi connectivity index (χ3n) is 2.68. The SMILES string of the molecule is CN=C(c1ccccc1)c1ccccc1C(=O)O. The first kappa shape index (κ1) is 12.0. The summed E-state index contributed by atoms with van der Waals surface area (Å²) < 4.78 is 0. The van der Waals surface area contributed by atoms with E-state index in [0.717, 1.165) is 5.56 Å². The number of nitrogens with zero attached hydrogens (tertiary/aromatic N) is 1. The molecule has 0 amide bonds. The molecular weight excluding hydrogens is 226 g/mol. The number of hydrogen-bond donors (Lipinski definition) is 1. The molecule has 2 aromatic rings. The van der Waals surface area contributed by atoms with Crippen molar-refractivity contribution in [2.24, 2.45) is 4.99 Å². The molecule has 0 spiro atoms. The number of carboxylic acid groups (broad SMARTS) is 1. The molecule has 0 saturated heterocycles. The molecule has 2 rings (SSSR count). The molecule has 0 aliphatic heterocycles. The van der Waals surface area contributed by atoms with Crippen molar-refractivity contribution in [3.05, 3.63) is 71.3 Å². The van der Waals surface area contributed by atoms with Crippen LogP contribution in [0, 0.1) is 0 Å². The summed E-state index contributed by atoms with van der Waals surface area (Å²) in [6.07, 6.45) is 0. The molecule has 0 fully saturated rings. The Bertz CT molecular complexity index is 588. The van der Waals surface area contributed by atoms with Crippen molar-refractivity contribution in [1.29, 1.82) is 0 Å². The average molecular weight is 239 g/mol. The van der Waals surface area contributed by atoms with Crippen LogP contribution in [0.4, 0.5) is 0 Å². The molecule has 90 valence electrons. The van der Waals surface area contributed by atoms with Gasteiger partial charge in [0.1, 0.15) is 0 Å². The fourth-order valence-corrected chi connectivity index (χ4v) is 1.88. The molecule has 0 aliphatic rings. The van der Waals surface area contributed by atoms with Crippen LogP contribution in [0.2, 0.25) is 0 Å². The molecular formula is C15H13NO2. The van der Waals surface area contributed by atoms with Crippen LogP contribution in [0.1, 0.15) is 21.5 Å². The molecule has 0 heterocycles. The molecule has 0 bridgehead atoms. The molecule has 0 unspecified atom stereocenters. The van der Waals surface area contributed by atoms with E-state index in [4.69, 9.17) is 0 Å². The van der Waals surface area contributed by atoms with E-state index < -0.39 is 5.97 Å². The summed E-state index contributed by atoms with van der Waals surface area (Å²) in [5.41, 5.74) is 2.50. The van der Waals surface area contributed by atoms with Crippen molar-refractivity contribution < 1.29 is 9.90 Å². The zero-order chi connectivity index (χ0) is 13.0. The minimum absolute atomic E-state index is 0.266. The second kappa shape index (κ2) is 5.27. The Morgan fingerprint density at radius 1 is 0.944 bits per heavy atom. The molecule has 0 saturated carbocycles. The molecule has 1 N–H and O–H groups in total. The van der Waals surface area contributed by atoms with Gasteiger partial charge >= 0.3 is 5.97 Å². The van der Waals surface area contributed by atoms with E-state index in [-0.39, 0.29) is 5.56 Å². The number of carbonyl (C=O) groups is 1. The lowest BCUT2D eigenvalue weighted by Crippen LogP contribution is -2.10. The summed E-state index contributed by atoms with van der Waals surface area (Å²) in [4.78, 5) is 15.4. The fourth-order valence-electron chi connectivity index (χ4n) is 1.88.